The van der Waals surface area contributed by atoms with Gasteiger partial charge in [-0.2, -0.15) is 0 Å². The Morgan fingerprint density at radius 2 is 1.90 bits per heavy atom. The summed E-state index contributed by atoms with van der Waals surface area (Å²) in [5.74, 6) is 0.202. The van der Waals surface area contributed by atoms with Crippen LogP contribution >= 0.6 is 38.9 Å². The predicted octanol–water partition coefficient (Wildman–Crippen LogP) is 6.10. The summed E-state index contributed by atoms with van der Waals surface area (Å²) in [7, 11) is 0. The number of ether oxygens (including phenoxy) is 2. The molecule has 1 aliphatic heterocycles. The van der Waals surface area contributed by atoms with E-state index in [-0.39, 0.29) is 12.2 Å². The third kappa shape index (κ3) is 5.84. The van der Waals surface area contributed by atoms with Crippen LogP contribution in [0.3, 0.4) is 0 Å². The molecule has 6 nitrogen and oxygen atoms in total. The lowest BCUT2D eigenvalue weighted by molar-refractivity contribution is -0.139. The second kappa shape index (κ2) is 12.0. The molecule has 0 amide bonds. The summed E-state index contributed by atoms with van der Waals surface area (Å²) in [4.78, 5) is 32.0. The second-order valence-electron chi connectivity index (χ2n) is 9.32. The van der Waals surface area contributed by atoms with E-state index in [1.165, 1.54) is 11.3 Å². The van der Waals surface area contributed by atoms with Gasteiger partial charge in [-0.3, -0.25) is 9.36 Å². The fourth-order valence-corrected chi connectivity index (χ4v) is 6.29. The molecule has 1 aliphatic rings. The van der Waals surface area contributed by atoms with Crippen molar-refractivity contribution in [3.63, 3.8) is 0 Å². The molecule has 9 heteroatoms. The summed E-state index contributed by atoms with van der Waals surface area (Å²) in [5.41, 5.74) is 4.38. The SMILES string of the molecule is CCOC(=O)C1=C(C)N=c2s/c(=C\c3ccc(OCc4cccc(Cl)c4)c(Br)c3)c(=O)n2[C@@H]1c1ccc(C)cc1. The van der Waals surface area contributed by atoms with Crippen molar-refractivity contribution in [2.45, 2.75) is 33.4 Å². The number of esters is 1. The van der Waals surface area contributed by atoms with Crippen LogP contribution in [0.5, 0.6) is 5.75 Å². The molecule has 0 spiro atoms. The van der Waals surface area contributed by atoms with Gasteiger partial charge in [0.1, 0.15) is 12.4 Å². The van der Waals surface area contributed by atoms with Crippen LogP contribution in [0.1, 0.15) is 42.1 Å². The van der Waals surface area contributed by atoms with E-state index in [0.29, 0.717) is 38.0 Å². The van der Waals surface area contributed by atoms with Crippen LogP contribution in [0.15, 0.2) is 92.3 Å². The van der Waals surface area contributed by atoms with Crippen LogP contribution in [-0.4, -0.2) is 17.1 Å². The van der Waals surface area contributed by atoms with Crippen molar-refractivity contribution in [2.24, 2.45) is 4.99 Å². The first-order valence-electron chi connectivity index (χ1n) is 12.7. The summed E-state index contributed by atoms with van der Waals surface area (Å²) in [6, 6.07) is 20.4. The van der Waals surface area contributed by atoms with Gasteiger partial charge in [0, 0.05) is 5.02 Å². The lowest BCUT2D eigenvalue weighted by atomic mass is 9.95. The van der Waals surface area contributed by atoms with E-state index >= 15 is 0 Å². The van der Waals surface area contributed by atoms with Gasteiger partial charge in [-0.1, -0.05) is 71.0 Å². The van der Waals surface area contributed by atoms with E-state index in [9.17, 15) is 9.59 Å². The zero-order chi connectivity index (χ0) is 28.4. The Labute approximate surface area is 249 Å². The zero-order valence-electron chi connectivity index (χ0n) is 22.1. The summed E-state index contributed by atoms with van der Waals surface area (Å²) < 4.78 is 14.2. The minimum Gasteiger partial charge on any atom is -0.488 e. The van der Waals surface area contributed by atoms with Crippen LogP contribution in [0.4, 0.5) is 0 Å². The monoisotopic (exact) mass is 636 g/mol. The molecule has 0 fully saturated rings. The lowest BCUT2D eigenvalue weighted by Crippen LogP contribution is -2.39. The molecule has 40 heavy (non-hydrogen) atoms. The Morgan fingerprint density at radius 3 is 2.60 bits per heavy atom. The molecule has 2 heterocycles. The smallest absolute Gasteiger partial charge is 0.338 e. The van der Waals surface area contributed by atoms with E-state index in [4.69, 9.17) is 21.1 Å². The zero-order valence-corrected chi connectivity index (χ0v) is 25.3. The maximum Gasteiger partial charge on any atom is 0.338 e. The minimum absolute atomic E-state index is 0.221. The highest BCUT2D eigenvalue weighted by atomic mass is 79.9. The Morgan fingerprint density at radius 1 is 1.12 bits per heavy atom. The van der Waals surface area contributed by atoms with Crippen molar-refractivity contribution < 1.29 is 14.3 Å². The van der Waals surface area contributed by atoms with Crippen molar-refractivity contribution >= 4 is 50.9 Å². The van der Waals surface area contributed by atoms with Crippen LogP contribution in [-0.2, 0) is 16.1 Å². The second-order valence-corrected chi connectivity index (χ2v) is 11.6. The highest BCUT2D eigenvalue weighted by Gasteiger charge is 2.33. The molecular weight excluding hydrogens is 612 g/mol. The quantitative estimate of drug-likeness (QED) is 0.230. The molecule has 4 aromatic rings. The third-order valence-corrected chi connectivity index (χ3v) is 8.28. The first-order chi connectivity index (χ1) is 19.2. The number of nitrogens with zero attached hydrogens (tertiary/aromatic N) is 2. The fraction of sp³-hybridized carbons (Fsp3) is 0.194. The van der Waals surface area contributed by atoms with E-state index in [0.717, 1.165) is 26.7 Å². The highest BCUT2D eigenvalue weighted by Crippen LogP contribution is 2.31. The number of rotatable bonds is 7. The van der Waals surface area contributed by atoms with E-state index < -0.39 is 12.0 Å². The summed E-state index contributed by atoms with van der Waals surface area (Å²) in [5, 5.41) is 0.658. The molecule has 1 atom stereocenters. The molecule has 0 bridgehead atoms. The van der Waals surface area contributed by atoms with Crippen molar-refractivity contribution in [3.8, 4) is 5.75 Å². The maximum atomic E-state index is 13.8. The number of aromatic nitrogens is 1. The number of hydrogen-bond acceptors (Lipinski definition) is 6. The van der Waals surface area contributed by atoms with Crippen molar-refractivity contribution in [1.82, 2.24) is 4.57 Å². The molecule has 204 valence electrons. The standard InChI is InChI=1S/C31H26BrClN2O4S/c1-4-38-30(37)27-19(3)34-31-35(28(27)22-11-8-18(2)9-12-22)29(36)26(40-31)16-20-10-13-25(24(32)15-20)39-17-21-6-5-7-23(33)14-21/h5-16,28H,4,17H2,1-3H3/b26-16-/t28-/m1/s1. The van der Waals surface area contributed by atoms with Crippen LogP contribution in [0.2, 0.25) is 5.02 Å². The van der Waals surface area contributed by atoms with Gasteiger partial charge in [0.05, 0.1) is 32.9 Å². The van der Waals surface area contributed by atoms with Crippen LogP contribution < -0.4 is 19.6 Å². The molecule has 0 radical (unpaired) electrons. The van der Waals surface area contributed by atoms with Crippen molar-refractivity contribution in [1.29, 1.82) is 0 Å². The average molecular weight is 638 g/mol. The van der Waals surface area contributed by atoms with Gasteiger partial charge in [-0.15, -0.1) is 0 Å². The Balaban J connectivity index is 1.52. The number of fused-ring (bicyclic) bond motifs is 1. The Kier molecular flexibility index (Phi) is 8.40. The van der Waals surface area contributed by atoms with Gasteiger partial charge in [-0.05, 0) is 83.7 Å². The molecule has 5 rings (SSSR count). The number of hydrogen-bond donors (Lipinski definition) is 0. The van der Waals surface area contributed by atoms with E-state index in [1.807, 2.05) is 79.7 Å². The lowest BCUT2D eigenvalue weighted by Gasteiger charge is -2.24. The summed E-state index contributed by atoms with van der Waals surface area (Å²) in [6.45, 7) is 6.14. The Bertz CT molecular complexity index is 1810. The van der Waals surface area contributed by atoms with Gasteiger partial charge < -0.3 is 9.47 Å². The molecule has 0 unspecified atom stereocenters. The van der Waals surface area contributed by atoms with E-state index in [1.54, 1.807) is 18.4 Å². The number of carbonyl (C=O) groups excluding carboxylic acids is 1. The first-order valence-corrected chi connectivity index (χ1v) is 14.7. The normalized spacial score (nSPS) is 15.0. The Hall–Kier alpha value is -3.46. The van der Waals surface area contributed by atoms with E-state index in [2.05, 4.69) is 20.9 Å². The van der Waals surface area contributed by atoms with Gasteiger partial charge in [0.25, 0.3) is 5.56 Å². The number of aryl methyl sites for hydroxylation is 1. The predicted molar refractivity (Wildman–Crippen MR) is 162 cm³/mol. The fourth-order valence-electron chi connectivity index (χ4n) is 4.52. The third-order valence-electron chi connectivity index (χ3n) is 6.45. The van der Waals surface area contributed by atoms with Crippen molar-refractivity contribution in [2.75, 3.05) is 6.61 Å². The highest BCUT2D eigenvalue weighted by molar-refractivity contribution is 9.10. The summed E-state index contributed by atoms with van der Waals surface area (Å²) in [6.07, 6.45) is 1.82. The van der Waals surface area contributed by atoms with Gasteiger partial charge >= 0.3 is 5.97 Å². The molecule has 0 aliphatic carbocycles. The first kappa shape index (κ1) is 28.1. The molecule has 1 aromatic heterocycles. The minimum atomic E-state index is -0.632. The maximum absolute atomic E-state index is 13.8. The topological polar surface area (TPSA) is 69.9 Å². The van der Waals surface area contributed by atoms with Gasteiger partial charge in [0.15, 0.2) is 4.80 Å². The molecular formula is C31H26BrClN2O4S. The molecule has 0 saturated heterocycles. The van der Waals surface area contributed by atoms with Crippen LogP contribution in [0, 0.1) is 6.92 Å². The molecule has 3 aromatic carbocycles. The summed E-state index contributed by atoms with van der Waals surface area (Å²) >= 11 is 11.0. The molecule has 0 N–H and O–H groups in total. The molecule has 0 saturated carbocycles. The van der Waals surface area contributed by atoms with Crippen LogP contribution in [0.25, 0.3) is 6.08 Å². The largest absolute Gasteiger partial charge is 0.488 e. The average Bonchev–Trinajstić information content (AvgIpc) is 3.22. The van der Waals surface area contributed by atoms with Crippen molar-refractivity contribution in [3.05, 3.63) is 129 Å². The number of benzene rings is 3. The number of thiazole rings is 1. The van der Waals surface area contributed by atoms with Gasteiger partial charge in [0.2, 0.25) is 0 Å². The number of carbonyl (C=O) groups is 1. The number of halogens is 2. The number of allylic oxidation sites excluding steroid dienone is 1. The van der Waals surface area contributed by atoms with Gasteiger partial charge in [-0.25, -0.2) is 9.79 Å².